The van der Waals surface area contributed by atoms with Crippen molar-refractivity contribution in [2.75, 3.05) is 105 Å². The van der Waals surface area contributed by atoms with Crippen LogP contribution in [0.5, 0.6) is 12.0 Å². The van der Waals surface area contributed by atoms with E-state index in [1.807, 2.05) is 54.6 Å². The second kappa shape index (κ2) is 27.0. The Morgan fingerprint density at radius 1 is 0.518 bits per heavy atom. The molecule has 8 aromatic rings. The lowest BCUT2D eigenvalue weighted by atomic mass is 10.0. The Morgan fingerprint density at radius 3 is 1.36 bits per heavy atom. The van der Waals surface area contributed by atoms with E-state index >= 15 is 0 Å². The molecule has 6 saturated heterocycles. The summed E-state index contributed by atoms with van der Waals surface area (Å²) in [5, 5.41) is 41.8. The van der Waals surface area contributed by atoms with Gasteiger partial charge in [0.25, 0.3) is 12.0 Å². The van der Waals surface area contributed by atoms with Gasteiger partial charge in [-0.05, 0) is 39.9 Å². The Balaban J connectivity index is 0.000000148. The van der Waals surface area contributed by atoms with Gasteiger partial charge < -0.3 is 64.1 Å². The van der Waals surface area contributed by atoms with Crippen LogP contribution in [-0.2, 0) is 25.5 Å². The maximum absolute atomic E-state index is 10.9. The summed E-state index contributed by atoms with van der Waals surface area (Å²) in [5.41, 5.74) is 11.5. The monoisotopic (exact) mass is 1200 g/mol. The number of halogens is 2. The number of aromatic amines is 2. The minimum atomic E-state index is -0.639. The molecule has 7 N–H and O–H groups in total. The minimum Gasteiger partial charge on any atom is -0.456 e. The largest absolute Gasteiger partial charge is 0.456 e. The van der Waals surface area contributed by atoms with Gasteiger partial charge >= 0.3 is 0 Å². The fraction of sp³-hybridized carbons (Fsp3) is 0.403. The fourth-order valence-electron chi connectivity index (χ4n) is 11.5. The number of pyridine rings is 2. The number of benzene rings is 4. The van der Waals surface area contributed by atoms with Gasteiger partial charge in [-0.25, -0.2) is 9.97 Å². The van der Waals surface area contributed by atoms with Gasteiger partial charge in [-0.1, -0.05) is 120 Å². The van der Waals surface area contributed by atoms with Crippen LogP contribution in [0.1, 0.15) is 15.9 Å². The molecule has 0 aliphatic carbocycles. The lowest BCUT2D eigenvalue weighted by Crippen LogP contribution is -2.46. The number of aliphatic hydroxyl groups is 4. The molecular weight excluding hydrogens is 1130 g/mol. The number of imidazole rings is 2. The highest BCUT2D eigenvalue weighted by molar-refractivity contribution is 6.34. The van der Waals surface area contributed by atoms with Crippen LogP contribution in [0.2, 0.25) is 10.0 Å². The van der Waals surface area contributed by atoms with Crippen molar-refractivity contribution in [3.63, 3.8) is 0 Å². The first-order chi connectivity index (χ1) is 41.6. The summed E-state index contributed by atoms with van der Waals surface area (Å²) in [4.78, 5) is 42.5. The SMILES string of the molecule is O=Cc1ccc(-c2ccc(-c3nc4nc(O[C@@H]5CO[C@H]6[C@@H]5OC[C@H]6O)[nH]c4cc3Cl)cc2)cc1.OCCN1CCN(Cc2ccc(-c3ccc(-c4nc5nc(O[C@@H]6CO[C@H]7[C@@H]6OC[C@H]7O)[nH]c5cc4Cl)cc3)cc2)CC1.OCCN1CCNCC1. The van der Waals surface area contributed by atoms with Crippen LogP contribution in [0.25, 0.3) is 67.1 Å². The number of aromatic nitrogens is 6. The predicted molar refractivity (Wildman–Crippen MR) is 320 cm³/mol. The topological polar surface area (TPSA) is 258 Å². The number of piperazine rings is 2. The van der Waals surface area contributed by atoms with Crippen LogP contribution >= 0.6 is 23.2 Å². The number of aliphatic hydroxyl groups excluding tert-OH is 4. The highest BCUT2D eigenvalue weighted by Crippen LogP contribution is 2.36. The summed E-state index contributed by atoms with van der Waals surface area (Å²) in [7, 11) is 0. The second-order valence-electron chi connectivity index (χ2n) is 21.9. The van der Waals surface area contributed by atoms with Crippen LogP contribution in [0.3, 0.4) is 0 Å². The van der Waals surface area contributed by atoms with Crippen LogP contribution in [0.15, 0.2) is 109 Å². The zero-order valence-electron chi connectivity index (χ0n) is 46.6. The number of hydrogen-bond acceptors (Lipinski definition) is 19. The number of hydrogen-bond donors (Lipinski definition) is 7. The molecule has 0 amide bonds. The molecule has 0 saturated carbocycles. The van der Waals surface area contributed by atoms with Crippen LogP contribution in [0.4, 0.5) is 0 Å². The minimum absolute atomic E-state index is 0.225. The molecule has 4 aromatic heterocycles. The number of carbonyl (C=O) groups excluding carboxylic acids is 1. The van der Waals surface area contributed by atoms with Gasteiger partial charge in [0.1, 0.15) is 42.9 Å². The zero-order chi connectivity index (χ0) is 58.4. The first-order valence-electron chi connectivity index (χ1n) is 28.8. The average Bonchev–Trinajstić information content (AvgIpc) is 2.68. The number of aldehydes is 1. The standard InChI is InChI=1S/C31H34ClN5O5.C25H20ClN3O5.C6H14N2O/c32-23-15-24-30(35-31(33-24)42-26-18-41-28-25(39)17-40-29(26)28)34-27(23)22-7-5-21(6-8-22)20-3-1-19(2-4-20)16-37-11-9-36(10-12-37)13-14-38;26-17-9-18-24(29-25(27-18)34-20-12-33-22-19(31)11-32-23(20)22)28-21(17)16-7-5-15(6-8-16)14-3-1-13(10-30)2-4-14;9-6-5-8-3-1-7-2-4-8/h1-8,15,25-26,28-29,38-39H,9-14,16-18H2,(H,33,34,35);1-10,19-20,22-23,31H,11-12H2,(H,27,28,29);7,9H,1-6H2/t25-,26-,28-,29-;19-,20-,22-,23-;/m11./s1. The van der Waals surface area contributed by atoms with E-state index in [0.717, 1.165) is 112 Å². The van der Waals surface area contributed by atoms with Gasteiger partial charge in [0.05, 0.1) is 72.1 Å². The Labute approximate surface area is 500 Å². The molecule has 85 heavy (non-hydrogen) atoms. The van der Waals surface area contributed by atoms with Crippen molar-refractivity contribution in [3.05, 3.63) is 130 Å². The van der Waals surface area contributed by atoms with Gasteiger partial charge in [0.15, 0.2) is 23.5 Å². The summed E-state index contributed by atoms with van der Waals surface area (Å²) in [6.07, 6.45) is -2.58. The van der Waals surface area contributed by atoms with Crippen molar-refractivity contribution in [2.45, 2.75) is 55.4 Å². The van der Waals surface area contributed by atoms with E-state index in [1.54, 1.807) is 18.2 Å². The summed E-state index contributed by atoms with van der Waals surface area (Å²) in [5.74, 6) is 0. The Morgan fingerprint density at radius 2 is 0.918 bits per heavy atom. The molecule has 14 rings (SSSR count). The molecule has 0 radical (unpaired) electrons. The van der Waals surface area contributed by atoms with E-state index < -0.39 is 12.2 Å². The van der Waals surface area contributed by atoms with Gasteiger partial charge in [0, 0.05) is 88.7 Å². The third-order valence-corrected chi connectivity index (χ3v) is 16.8. The third-order valence-electron chi connectivity index (χ3n) is 16.2. The molecule has 6 aliphatic rings. The van der Waals surface area contributed by atoms with Crippen molar-refractivity contribution in [3.8, 4) is 56.8 Å². The molecule has 6 aliphatic heterocycles. The van der Waals surface area contributed by atoms with Crippen molar-refractivity contribution in [1.82, 2.24) is 49.9 Å². The van der Waals surface area contributed by atoms with Crippen molar-refractivity contribution in [1.29, 1.82) is 0 Å². The van der Waals surface area contributed by atoms with Crippen molar-refractivity contribution in [2.24, 2.45) is 0 Å². The number of ether oxygens (including phenoxy) is 6. The second-order valence-corrected chi connectivity index (χ2v) is 22.7. The quantitative estimate of drug-likeness (QED) is 0.0625. The first-order valence-corrected chi connectivity index (χ1v) is 29.6. The molecule has 21 nitrogen and oxygen atoms in total. The van der Waals surface area contributed by atoms with Gasteiger partial charge in [-0.2, -0.15) is 9.97 Å². The van der Waals surface area contributed by atoms with Gasteiger partial charge in [-0.15, -0.1) is 0 Å². The van der Waals surface area contributed by atoms with E-state index in [2.05, 4.69) is 81.3 Å². The molecule has 8 atom stereocenters. The highest BCUT2D eigenvalue weighted by atomic mass is 35.5. The Bertz CT molecular complexity index is 3510. The number of carbonyl (C=O) groups is 1. The van der Waals surface area contributed by atoms with Gasteiger partial charge in [-0.3, -0.25) is 19.5 Å². The highest BCUT2D eigenvalue weighted by Gasteiger charge is 2.50. The lowest BCUT2D eigenvalue weighted by Gasteiger charge is -2.34. The molecule has 4 aromatic carbocycles. The lowest BCUT2D eigenvalue weighted by molar-refractivity contribution is 0.00703. The summed E-state index contributed by atoms with van der Waals surface area (Å²) in [6, 6.07) is 36.4. The molecule has 6 fully saturated rings. The first kappa shape index (κ1) is 58.9. The molecule has 23 heteroatoms. The molecule has 0 bridgehead atoms. The van der Waals surface area contributed by atoms with Crippen molar-refractivity contribution >= 4 is 51.8 Å². The van der Waals surface area contributed by atoms with Crippen LogP contribution in [-0.4, -0.2) is 225 Å². The van der Waals surface area contributed by atoms with Crippen LogP contribution in [0, 0.1) is 0 Å². The summed E-state index contributed by atoms with van der Waals surface area (Å²) >= 11 is 13.2. The fourth-order valence-corrected chi connectivity index (χ4v) is 12.1. The van der Waals surface area contributed by atoms with Crippen LogP contribution < -0.4 is 14.8 Å². The Hall–Kier alpha value is -6.51. The van der Waals surface area contributed by atoms with Gasteiger partial charge in [0.2, 0.25) is 0 Å². The molecule has 0 unspecified atom stereocenters. The smallest absolute Gasteiger partial charge is 0.296 e. The molecule has 10 heterocycles. The van der Waals surface area contributed by atoms with E-state index in [1.165, 1.54) is 5.56 Å². The maximum Gasteiger partial charge on any atom is 0.296 e. The number of nitrogens with one attached hydrogen (secondary N) is 3. The molecular formula is C62H68Cl2N10O11. The average molecular weight is 1200 g/mol. The summed E-state index contributed by atoms with van der Waals surface area (Å²) < 4.78 is 34.5. The van der Waals surface area contributed by atoms with E-state index in [4.69, 9.17) is 66.8 Å². The zero-order valence-corrected chi connectivity index (χ0v) is 48.2. The number of nitrogens with zero attached hydrogens (tertiary/aromatic N) is 7. The number of H-pyrrole nitrogens is 2. The predicted octanol–water partition coefficient (Wildman–Crippen LogP) is 5.51. The van der Waals surface area contributed by atoms with Crippen molar-refractivity contribution < 1.29 is 53.6 Å². The molecule has 446 valence electrons. The van der Waals surface area contributed by atoms with E-state index in [0.29, 0.717) is 81.2 Å². The Kier molecular flexibility index (Phi) is 18.7. The third kappa shape index (κ3) is 13.7. The maximum atomic E-state index is 10.9. The van der Waals surface area contributed by atoms with E-state index in [-0.39, 0.29) is 56.4 Å². The number of β-amino-alcohol motifs (C(OH)–C–C–N with tert-alkyl or cyclic N) is 2. The number of rotatable bonds is 15. The number of fused-ring (bicyclic) bond motifs is 4. The molecule has 0 spiro atoms. The normalized spacial score (nSPS) is 24.2. The van der Waals surface area contributed by atoms with E-state index in [9.17, 15) is 15.0 Å². The summed E-state index contributed by atoms with van der Waals surface area (Å²) in [6.45, 7) is 12.5.